The van der Waals surface area contributed by atoms with E-state index in [9.17, 15) is 0 Å². The van der Waals surface area contributed by atoms with Gasteiger partial charge in [-0.2, -0.15) is 5.10 Å². The average molecular weight is 222 g/mol. The summed E-state index contributed by atoms with van der Waals surface area (Å²) in [7, 11) is 0. The van der Waals surface area contributed by atoms with Crippen molar-refractivity contribution in [1.29, 1.82) is 0 Å². The van der Waals surface area contributed by atoms with Gasteiger partial charge in [-0.1, -0.05) is 0 Å². The summed E-state index contributed by atoms with van der Waals surface area (Å²) in [6.07, 6.45) is 3.41. The van der Waals surface area contributed by atoms with Crippen LogP contribution >= 0.6 is 0 Å². The molecule has 0 bridgehead atoms. The van der Waals surface area contributed by atoms with Crippen molar-refractivity contribution in [2.24, 2.45) is 5.73 Å². The standard InChI is InChI=1S/C12H22N4/c1-9-6-10(2)16(15-9)5-3-4-14-12-7-11(13)8-12/h6,11-12,14H,3-5,7-8,13H2,1-2H3. The molecule has 2 rings (SSSR count). The molecule has 0 spiro atoms. The number of aromatic nitrogens is 2. The molecule has 1 aliphatic carbocycles. The van der Waals surface area contributed by atoms with E-state index in [1.54, 1.807) is 0 Å². The molecule has 1 saturated carbocycles. The highest BCUT2D eigenvalue weighted by atomic mass is 15.3. The summed E-state index contributed by atoms with van der Waals surface area (Å²) < 4.78 is 2.09. The molecular formula is C12H22N4. The second-order valence-electron chi connectivity index (χ2n) is 4.89. The fraction of sp³-hybridized carbons (Fsp3) is 0.750. The molecule has 0 atom stereocenters. The van der Waals surface area contributed by atoms with Crippen LogP contribution in [-0.2, 0) is 6.54 Å². The maximum atomic E-state index is 5.73. The summed E-state index contributed by atoms with van der Waals surface area (Å²) in [5, 5.41) is 7.97. The molecule has 3 N–H and O–H groups in total. The van der Waals surface area contributed by atoms with Gasteiger partial charge in [-0.25, -0.2) is 0 Å². The molecule has 1 aliphatic rings. The van der Waals surface area contributed by atoms with Crippen molar-refractivity contribution in [3.63, 3.8) is 0 Å². The Hall–Kier alpha value is -0.870. The van der Waals surface area contributed by atoms with E-state index in [1.807, 2.05) is 6.92 Å². The van der Waals surface area contributed by atoms with Crippen LogP contribution < -0.4 is 11.1 Å². The first-order valence-electron chi connectivity index (χ1n) is 6.15. The number of rotatable bonds is 5. The van der Waals surface area contributed by atoms with Crippen molar-refractivity contribution in [2.75, 3.05) is 6.54 Å². The van der Waals surface area contributed by atoms with Crippen LogP contribution in [0.4, 0.5) is 0 Å². The van der Waals surface area contributed by atoms with Crippen molar-refractivity contribution < 1.29 is 0 Å². The summed E-state index contributed by atoms with van der Waals surface area (Å²) in [5.41, 5.74) is 8.09. The Balaban J connectivity index is 1.63. The highest BCUT2D eigenvalue weighted by Crippen LogP contribution is 2.16. The lowest BCUT2D eigenvalue weighted by Crippen LogP contribution is -2.48. The quantitative estimate of drug-likeness (QED) is 0.730. The van der Waals surface area contributed by atoms with E-state index in [0.717, 1.165) is 38.0 Å². The predicted octanol–water partition coefficient (Wildman–Crippen LogP) is 0.969. The molecule has 90 valence electrons. The monoisotopic (exact) mass is 222 g/mol. The van der Waals surface area contributed by atoms with Crippen LogP contribution in [0.15, 0.2) is 6.07 Å². The fourth-order valence-corrected chi connectivity index (χ4v) is 2.26. The van der Waals surface area contributed by atoms with E-state index in [-0.39, 0.29) is 0 Å². The second kappa shape index (κ2) is 4.97. The van der Waals surface area contributed by atoms with Gasteiger partial charge in [0, 0.05) is 24.3 Å². The molecule has 1 aromatic heterocycles. The van der Waals surface area contributed by atoms with Crippen molar-refractivity contribution in [3.05, 3.63) is 17.5 Å². The van der Waals surface area contributed by atoms with Crippen molar-refractivity contribution >= 4 is 0 Å². The number of nitrogens with two attached hydrogens (primary N) is 1. The topological polar surface area (TPSA) is 55.9 Å². The van der Waals surface area contributed by atoms with E-state index in [4.69, 9.17) is 5.73 Å². The minimum Gasteiger partial charge on any atom is -0.328 e. The van der Waals surface area contributed by atoms with Gasteiger partial charge in [0.2, 0.25) is 0 Å². The van der Waals surface area contributed by atoms with Crippen molar-refractivity contribution in [1.82, 2.24) is 15.1 Å². The van der Waals surface area contributed by atoms with Crippen LogP contribution in [0.3, 0.4) is 0 Å². The van der Waals surface area contributed by atoms with Crippen LogP contribution in [0, 0.1) is 13.8 Å². The van der Waals surface area contributed by atoms with Crippen LogP contribution in [0.2, 0.25) is 0 Å². The van der Waals surface area contributed by atoms with E-state index < -0.39 is 0 Å². The lowest BCUT2D eigenvalue weighted by molar-refractivity contribution is 0.289. The van der Waals surface area contributed by atoms with Gasteiger partial charge in [-0.3, -0.25) is 4.68 Å². The van der Waals surface area contributed by atoms with Gasteiger partial charge < -0.3 is 11.1 Å². The molecule has 0 aliphatic heterocycles. The van der Waals surface area contributed by atoms with Gasteiger partial charge in [-0.15, -0.1) is 0 Å². The minimum atomic E-state index is 0.438. The summed E-state index contributed by atoms with van der Waals surface area (Å²) >= 11 is 0. The SMILES string of the molecule is Cc1cc(C)n(CCCNC2CC(N)C2)n1. The molecule has 0 unspecified atom stereocenters. The maximum absolute atomic E-state index is 5.73. The first kappa shape index (κ1) is 11.6. The third kappa shape index (κ3) is 2.83. The first-order valence-corrected chi connectivity index (χ1v) is 6.15. The second-order valence-corrected chi connectivity index (χ2v) is 4.89. The largest absolute Gasteiger partial charge is 0.328 e. The molecule has 4 heteroatoms. The van der Waals surface area contributed by atoms with E-state index in [0.29, 0.717) is 12.1 Å². The lowest BCUT2D eigenvalue weighted by atomic mass is 9.88. The number of aryl methyl sites for hydroxylation is 3. The van der Waals surface area contributed by atoms with Gasteiger partial charge in [0.1, 0.15) is 0 Å². The molecule has 1 heterocycles. The Bertz CT molecular complexity index is 339. The molecule has 0 radical (unpaired) electrons. The number of nitrogens with zero attached hydrogens (tertiary/aromatic N) is 2. The van der Waals surface area contributed by atoms with Gasteiger partial charge in [0.25, 0.3) is 0 Å². The molecular weight excluding hydrogens is 200 g/mol. The van der Waals surface area contributed by atoms with E-state index >= 15 is 0 Å². The van der Waals surface area contributed by atoms with Gasteiger partial charge in [-0.05, 0) is 45.7 Å². The highest BCUT2D eigenvalue weighted by Gasteiger charge is 2.24. The smallest absolute Gasteiger partial charge is 0.0596 e. The zero-order valence-electron chi connectivity index (χ0n) is 10.2. The summed E-state index contributed by atoms with van der Waals surface area (Å²) in [6, 6.07) is 3.22. The van der Waals surface area contributed by atoms with Crippen LogP contribution in [-0.4, -0.2) is 28.4 Å². The first-order chi connectivity index (χ1) is 7.65. The molecule has 1 aromatic rings. The fourth-order valence-electron chi connectivity index (χ4n) is 2.26. The third-order valence-electron chi connectivity index (χ3n) is 3.26. The van der Waals surface area contributed by atoms with E-state index in [1.165, 1.54) is 5.69 Å². The Kier molecular flexibility index (Phi) is 3.61. The maximum Gasteiger partial charge on any atom is 0.0596 e. The zero-order chi connectivity index (χ0) is 11.5. The predicted molar refractivity (Wildman–Crippen MR) is 65.3 cm³/mol. The summed E-state index contributed by atoms with van der Waals surface area (Å²) in [6.45, 7) is 6.22. The Labute approximate surface area is 97.2 Å². The average Bonchev–Trinajstić information content (AvgIpc) is 2.49. The summed E-state index contributed by atoms with van der Waals surface area (Å²) in [4.78, 5) is 0. The Morgan fingerprint density at radius 1 is 1.50 bits per heavy atom. The van der Waals surface area contributed by atoms with E-state index in [2.05, 4.69) is 28.1 Å². The Morgan fingerprint density at radius 3 is 2.81 bits per heavy atom. The minimum absolute atomic E-state index is 0.438. The molecule has 1 fully saturated rings. The number of nitrogens with one attached hydrogen (secondary N) is 1. The molecule has 16 heavy (non-hydrogen) atoms. The van der Waals surface area contributed by atoms with Gasteiger partial charge in [0.15, 0.2) is 0 Å². The molecule has 0 saturated heterocycles. The molecule has 4 nitrogen and oxygen atoms in total. The normalized spacial score (nSPS) is 24.4. The van der Waals surface area contributed by atoms with Crippen LogP contribution in [0.5, 0.6) is 0 Å². The molecule has 0 aromatic carbocycles. The number of hydrogen-bond acceptors (Lipinski definition) is 3. The zero-order valence-corrected chi connectivity index (χ0v) is 10.2. The van der Waals surface area contributed by atoms with Crippen LogP contribution in [0.25, 0.3) is 0 Å². The molecule has 0 amide bonds. The highest BCUT2D eigenvalue weighted by molar-refractivity contribution is 5.06. The van der Waals surface area contributed by atoms with Crippen molar-refractivity contribution in [2.45, 2.75) is 51.7 Å². The van der Waals surface area contributed by atoms with Crippen LogP contribution in [0.1, 0.15) is 30.7 Å². The number of hydrogen-bond donors (Lipinski definition) is 2. The third-order valence-corrected chi connectivity index (χ3v) is 3.26. The summed E-state index contributed by atoms with van der Waals surface area (Å²) in [5.74, 6) is 0. The van der Waals surface area contributed by atoms with Gasteiger partial charge >= 0.3 is 0 Å². The lowest BCUT2D eigenvalue weighted by Gasteiger charge is -2.33. The van der Waals surface area contributed by atoms with Gasteiger partial charge in [0.05, 0.1) is 5.69 Å². The van der Waals surface area contributed by atoms with Crippen molar-refractivity contribution in [3.8, 4) is 0 Å². The Morgan fingerprint density at radius 2 is 2.25 bits per heavy atom.